The minimum absolute atomic E-state index is 0.270. The van der Waals surface area contributed by atoms with Crippen molar-refractivity contribution in [3.05, 3.63) is 102 Å². The van der Waals surface area contributed by atoms with Gasteiger partial charge in [0.15, 0.2) is 5.82 Å². The van der Waals surface area contributed by atoms with Crippen LogP contribution in [0.2, 0.25) is 0 Å². The SMILES string of the molecule is CC1=C(C(=O)Nc2ccccc2)C(c2ccc(F)cc2)n2nc(-c3ccc(N(C)C)cc3)nc2N1. The molecule has 1 unspecified atom stereocenters. The molecule has 3 aromatic carbocycles. The van der Waals surface area contributed by atoms with Crippen molar-refractivity contribution in [3.8, 4) is 11.4 Å². The Morgan fingerprint density at radius 2 is 1.69 bits per heavy atom. The van der Waals surface area contributed by atoms with Crippen LogP contribution in [0.5, 0.6) is 0 Å². The molecule has 1 aromatic heterocycles. The number of rotatable bonds is 5. The van der Waals surface area contributed by atoms with E-state index >= 15 is 0 Å². The Morgan fingerprint density at radius 3 is 2.34 bits per heavy atom. The molecule has 2 heterocycles. The maximum absolute atomic E-state index is 13.7. The van der Waals surface area contributed by atoms with Crippen LogP contribution in [0.4, 0.5) is 21.7 Å². The molecule has 4 aromatic rings. The van der Waals surface area contributed by atoms with E-state index in [1.165, 1.54) is 12.1 Å². The topological polar surface area (TPSA) is 75.1 Å². The standard InChI is InChI=1S/C27H25FN6O/c1-17-23(26(35)30-21-7-5-4-6-8-21)24(18-9-13-20(28)14-10-18)34-27(29-17)31-25(32-34)19-11-15-22(16-12-19)33(2)3/h4-16,24H,1-3H3,(H,30,35)(H,29,31,32). The number of halogens is 1. The zero-order valence-electron chi connectivity index (χ0n) is 19.7. The number of aromatic nitrogens is 3. The molecule has 1 atom stereocenters. The number of para-hydroxylation sites is 1. The maximum Gasteiger partial charge on any atom is 0.255 e. The Balaban J connectivity index is 1.57. The van der Waals surface area contributed by atoms with Gasteiger partial charge in [0.05, 0.1) is 5.57 Å². The molecule has 1 aliphatic heterocycles. The van der Waals surface area contributed by atoms with Crippen molar-refractivity contribution in [1.82, 2.24) is 14.8 Å². The largest absolute Gasteiger partial charge is 0.378 e. The van der Waals surface area contributed by atoms with Gasteiger partial charge in [0, 0.05) is 36.7 Å². The number of allylic oxidation sites excluding steroid dienone is 1. The molecular weight excluding hydrogens is 443 g/mol. The number of fused-ring (bicyclic) bond motifs is 1. The average Bonchev–Trinajstić information content (AvgIpc) is 3.28. The molecule has 5 rings (SSSR count). The maximum atomic E-state index is 13.7. The molecule has 0 saturated heterocycles. The summed E-state index contributed by atoms with van der Waals surface area (Å²) in [5.41, 5.74) is 4.46. The molecule has 0 bridgehead atoms. The molecule has 0 aliphatic carbocycles. The van der Waals surface area contributed by atoms with Gasteiger partial charge in [-0.15, -0.1) is 5.10 Å². The van der Waals surface area contributed by atoms with Gasteiger partial charge in [0.2, 0.25) is 5.95 Å². The predicted octanol–water partition coefficient (Wildman–Crippen LogP) is 5.08. The third-order valence-electron chi connectivity index (χ3n) is 5.96. The third-order valence-corrected chi connectivity index (χ3v) is 5.96. The Hall–Kier alpha value is -4.46. The molecule has 0 radical (unpaired) electrons. The van der Waals surface area contributed by atoms with Gasteiger partial charge in [0.25, 0.3) is 5.91 Å². The van der Waals surface area contributed by atoms with E-state index in [2.05, 4.69) is 10.6 Å². The molecule has 8 heteroatoms. The smallest absolute Gasteiger partial charge is 0.255 e. The second-order valence-electron chi connectivity index (χ2n) is 8.58. The molecule has 2 N–H and O–H groups in total. The zero-order valence-corrected chi connectivity index (χ0v) is 19.7. The van der Waals surface area contributed by atoms with Crippen molar-refractivity contribution in [2.45, 2.75) is 13.0 Å². The highest BCUT2D eigenvalue weighted by Crippen LogP contribution is 2.37. The van der Waals surface area contributed by atoms with Gasteiger partial charge in [-0.05, 0) is 61.0 Å². The lowest BCUT2D eigenvalue weighted by Crippen LogP contribution is -2.31. The molecule has 7 nitrogen and oxygen atoms in total. The van der Waals surface area contributed by atoms with E-state index in [1.807, 2.05) is 80.5 Å². The molecule has 1 aliphatic rings. The first-order chi connectivity index (χ1) is 16.9. The number of nitrogens with one attached hydrogen (secondary N) is 2. The number of carbonyl (C=O) groups is 1. The second kappa shape index (κ2) is 9.06. The highest BCUT2D eigenvalue weighted by molar-refractivity contribution is 6.06. The normalized spacial score (nSPS) is 14.8. The quantitative estimate of drug-likeness (QED) is 0.427. The van der Waals surface area contributed by atoms with Crippen molar-refractivity contribution >= 4 is 23.2 Å². The lowest BCUT2D eigenvalue weighted by molar-refractivity contribution is -0.113. The molecule has 0 fully saturated rings. The first-order valence-electron chi connectivity index (χ1n) is 11.2. The van der Waals surface area contributed by atoms with Crippen LogP contribution in [0.1, 0.15) is 18.5 Å². The molecule has 35 heavy (non-hydrogen) atoms. The average molecular weight is 469 g/mol. The third kappa shape index (κ3) is 4.38. The summed E-state index contributed by atoms with van der Waals surface area (Å²) in [6.45, 7) is 1.83. The lowest BCUT2D eigenvalue weighted by Gasteiger charge is -2.28. The predicted molar refractivity (Wildman–Crippen MR) is 136 cm³/mol. The summed E-state index contributed by atoms with van der Waals surface area (Å²) in [5, 5.41) is 11.0. The van der Waals surface area contributed by atoms with E-state index in [1.54, 1.807) is 16.8 Å². The van der Waals surface area contributed by atoms with Crippen LogP contribution in [0.25, 0.3) is 11.4 Å². The molecule has 0 saturated carbocycles. The van der Waals surface area contributed by atoms with E-state index in [-0.39, 0.29) is 11.7 Å². The minimum Gasteiger partial charge on any atom is -0.378 e. The first kappa shape index (κ1) is 22.3. The van der Waals surface area contributed by atoms with Gasteiger partial charge in [-0.3, -0.25) is 4.79 Å². The fraction of sp³-hybridized carbons (Fsp3) is 0.148. The summed E-state index contributed by atoms with van der Waals surface area (Å²) in [7, 11) is 3.96. The number of anilines is 3. The van der Waals surface area contributed by atoms with Crippen LogP contribution in [-0.2, 0) is 4.79 Å². The zero-order chi connectivity index (χ0) is 24.5. The highest BCUT2D eigenvalue weighted by atomic mass is 19.1. The van der Waals surface area contributed by atoms with E-state index < -0.39 is 6.04 Å². The van der Waals surface area contributed by atoms with E-state index in [4.69, 9.17) is 10.1 Å². The van der Waals surface area contributed by atoms with Crippen molar-refractivity contribution in [2.75, 3.05) is 29.6 Å². The van der Waals surface area contributed by atoms with E-state index in [0.717, 1.165) is 16.8 Å². The van der Waals surface area contributed by atoms with Gasteiger partial charge in [-0.25, -0.2) is 9.07 Å². The van der Waals surface area contributed by atoms with Gasteiger partial charge >= 0.3 is 0 Å². The van der Waals surface area contributed by atoms with Crippen LogP contribution in [-0.4, -0.2) is 34.8 Å². The van der Waals surface area contributed by atoms with Crippen LogP contribution in [0, 0.1) is 5.82 Å². The van der Waals surface area contributed by atoms with Crippen molar-refractivity contribution in [1.29, 1.82) is 0 Å². The van der Waals surface area contributed by atoms with Gasteiger partial charge in [-0.2, -0.15) is 4.98 Å². The summed E-state index contributed by atoms with van der Waals surface area (Å²) in [5.74, 6) is 0.426. The van der Waals surface area contributed by atoms with Crippen LogP contribution in [0.15, 0.2) is 90.1 Å². The minimum atomic E-state index is -0.585. The molecular formula is C27H25FN6O. The Bertz CT molecular complexity index is 1390. The van der Waals surface area contributed by atoms with Gasteiger partial charge in [-0.1, -0.05) is 30.3 Å². The van der Waals surface area contributed by atoms with Gasteiger partial charge < -0.3 is 15.5 Å². The van der Waals surface area contributed by atoms with Crippen molar-refractivity contribution in [3.63, 3.8) is 0 Å². The van der Waals surface area contributed by atoms with Crippen LogP contribution in [0.3, 0.4) is 0 Å². The van der Waals surface area contributed by atoms with Crippen molar-refractivity contribution < 1.29 is 9.18 Å². The van der Waals surface area contributed by atoms with Crippen LogP contribution >= 0.6 is 0 Å². The highest BCUT2D eigenvalue weighted by Gasteiger charge is 2.34. The van der Waals surface area contributed by atoms with Crippen molar-refractivity contribution in [2.24, 2.45) is 0 Å². The summed E-state index contributed by atoms with van der Waals surface area (Å²) >= 11 is 0. The lowest BCUT2D eigenvalue weighted by atomic mass is 9.95. The van der Waals surface area contributed by atoms with Crippen LogP contribution < -0.4 is 15.5 Å². The summed E-state index contributed by atoms with van der Waals surface area (Å²) in [4.78, 5) is 20.2. The summed E-state index contributed by atoms with van der Waals surface area (Å²) in [6, 6.07) is 22.7. The Kier molecular flexibility index (Phi) is 5.78. The van der Waals surface area contributed by atoms with E-state index in [9.17, 15) is 9.18 Å². The fourth-order valence-electron chi connectivity index (χ4n) is 4.15. The molecule has 176 valence electrons. The number of benzene rings is 3. The second-order valence-corrected chi connectivity index (χ2v) is 8.58. The van der Waals surface area contributed by atoms with E-state index in [0.29, 0.717) is 28.7 Å². The Labute approximate surface area is 202 Å². The number of hydrogen-bond acceptors (Lipinski definition) is 5. The van der Waals surface area contributed by atoms with Gasteiger partial charge in [0.1, 0.15) is 11.9 Å². The summed E-state index contributed by atoms with van der Waals surface area (Å²) in [6.07, 6.45) is 0. The number of nitrogens with zero attached hydrogens (tertiary/aromatic N) is 4. The molecule has 0 spiro atoms. The summed E-state index contributed by atoms with van der Waals surface area (Å²) < 4.78 is 15.4. The number of amides is 1. The monoisotopic (exact) mass is 468 g/mol. The fourth-order valence-corrected chi connectivity index (χ4v) is 4.15. The number of hydrogen-bond donors (Lipinski definition) is 2. The first-order valence-corrected chi connectivity index (χ1v) is 11.2. The number of carbonyl (C=O) groups excluding carboxylic acids is 1. The Morgan fingerprint density at radius 1 is 1.00 bits per heavy atom. The molecule has 1 amide bonds.